The lowest BCUT2D eigenvalue weighted by Gasteiger charge is -2.33. The highest BCUT2D eigenvalue weighted by Gasteiger charge is 2.26. The Balaban J connectivity index is 0.00000242. The topological polar surface area (TPSA) is 32.3 Å². The van der Waals surface area contributed by atoms with E-state index in [-0.39, 0.29) is 24.2 Å². The van der Waals surface area contributed by atoms with E-state index in [0.29, 0.717) is 10.9 Å². The number of halogens is 2. The summed E-state index contributed by atoms with van der Waals surface area (Å²) < 4.78 is 0. The van der Waals surface area contributed by atoms with E-state index >= 15 is 0 Å². The molecule has 5 heteroatoms. The van der Waals surface area contributed by atoms with E-state index in [0.717, 1.165) is 44.6 Å². The Morgan fingerprint density at radius 3 is 2.68 bits per heavy atom. The summed E-state index contributed by atoms with van der Waals surface area (Å²) in [5, 5.41) is 4.09. The van der Waals surface area contributed by atoms with E-state index in [1.165, 1.54) is 0 Å². The molecule has 0 saturated carbocycles. The molecule has 1 aliphatic heterocycles. The van der Waals surface area contributed by atoms with E-state index in [4.69, 9.17) is 11.6 Å². The number of nitrogens with zero attached hydrogens (tertiary/aromatic N) is 1. The number of carbonyl (C=O) groups excluding carboxylic acids is 1. The van der Waals surface area contributed by atoms with Gasteiger partial charge in [-0.1, -0.05) is 30.7 Å². The SMILES string of the molecule is CCNCC1CCN(C(=O)C(C)c2cccc(Cl)c2)CC1.Cl. The fourth-order valence-electron chi connectivity index (χ4n) is 2.90. The number of hydrogen-bond acceptors (Lipinski definition) is 2. The number of nitrogens with one attached hydrogen (secondary N) is 1. The van der Waals surface area contributed by atoms with Crippen molar-refractivity contribution < 1.29 is 4.79 Å². The number of hydrogen-bond donors (Lipinski definition) is 1. The molecule has 1 N–H and O–H groups in total. The van der Waals surface area contributed by atoms with E-state index < -0.39 is 0 Å². The van der Waals surface area contributed by atoms with Gasteiger partial charge in [-0.3, -0.25) is 4.79 Å². The van der Waals surface area contributed by atoms with Crippen LogP contribution in [0.5, 0.6) is 0 Å². The van der Waals surface area contributed by atoms with Crippen LogP contribution in [0.1, 0.15) is 38.2 Å². The molecule has 3 nitrogen and oxygen atoms in total. The van der Waals surface area contributed by atoms with Crippen molar-refractivity contribution in [2.24, 2.45) is 5.92 Å². The zero-order valence-electron chi connectivity index (χ0n) is 13.3. The monoisotopic (exact) mass is 344 g/mol. The van der Waals surface area contributed by atoms with Crippen LogP contribution in [0, 0.1) is 5.92 Å². The maximum atomic E-state index is 12.6. The van der Waals surface area contributed by atoms with Gasteiger partial charge in [0.15, 0.2) is 0 Å². The fourth-order valence-corrected chi connectivity index (χ4v) is 3.10. The van der Waals surface area contributed by atoms with Crippen molar-refractivity contribution in [2.45, 2.75) is 32.6 Å². The van der Waals surface area contributed by atoms with E-state index in [1.807, 2.05) is 36.1 Å². The van der Waals surface area contributed by atoms with Crippen molar-refractivity contribution in [3.63, 3.8) is 0 Å². The minimum atomic E-state index is -0.117. The molecule has 1 saturated heterocycles. The maximum absolute atomic E-state index is 12.6. The van der Waals surface area contributed by atoms with Crippen LogP contribution in [-0.4, -0.2) is 37.0 Å². The smallest absolute Gasteiger partial charge is 0.229 e. The third-order valence-corrected chi connectivity index (χ3v) is 4.56. The summed E-state index contributed by atoms with van der Waals surface area (Å²) in [6.45, 7) is 7.94. The first-order chi connectivity index (χ1) is 10.1. The van der Waals surface area contributed by atoms with Crippen LogP contribution >= 0.6 is 24.0 Å². The molecule has 1 aromatic rings. The third-order valence-electron chi connectivity index (χ3n) is 4.33. The van der Waals surface area contributed by atoms with Crippen molar-refractivity contribution in [1.29, 1.82) is 0 Å². The second-order valence-electron chi connectivity index (χ2n) is 5.85. The van der Waals surface area contributed by atoms with Crippen LogP contribution in [0.4, 0.5) is 0 Å². The molecule has 1 heterocycles. The summed E-state index contributed by atoms with van der Waals surface area (Å²) >= 11 is 6.02. The first-order valence-corrected chi connectivity index (χ1v) is 8.24. The molecular formula is C17H26Cl2N2O. The Kier molecular flexibility index (Phi) is 8.23. The first-order valence-electron chi connectivity index (χ1n) is 7.86. The van der Waals surface area contributed by atoms with Gasteiger partial charge in [-0.15, -0.1) is 12.4 Å². The predicted octanol–water partition coefficient (Wildman–Crippen LogP) is 3.71. The lowest BCUT2D eigenvalue weighted by Crippen LogP contribution is -2.42. The zero-order valence-corrected chi connectivity index (χ0v) is 14.9. The van der Waals surface area contributed by atoms with Crippen LogP contribution in [-0.2, 0) is 4.79 Å². The molecule has 0 aliphatic carbocycles. The number of rotatable bonds is 5. The minimum absolute atomic E-state index is 0. The lowest BCUT2D eigenvalue weighted by atomic mass is 9.94. The van der Waals surface area contributed by atoms with Gasteiger partial charge in [0.1, 0.15) is 0 Å². The van der Waals surface area contributed by atoms with E-state index in [2.05, 4.69) is 12.2 Å². The van der Waals surface area contributed by atoms with Gasteiger partial charge in [0, 0.05) is 18.1 Å². The Labute approximate surface area is 144 Å². The van der Waals surface area contributed by atoms with Crippen LogP contribution in [0.15, 0.2) is 24.3 Å². The van der Waals surface area contributed by atoms with Crippen LogP contribution < -0.4 is 5.32 Å². The minimum Gasteiger partial charge on any atom is -0.342 e. The Bertz CT molecular complexity index is 473. The van der Waals surface area contributed by atoms with Crippen LogP contribution in [0.2, 0.25) is 5.02 Å². The number of benzene rings is 1. The van der Waals surface area contributed by atoms with Gasteiger partial charge in [-0.25, -0.2) is 0 Å². The highest BCUT2D eigenvalue weighted by atomic mass is 35.5. The molecular weight excluding hydrogens is 319 g/mol. The van der Waals surface area contributed by atoms with Gasteiger partial charge in [0.2, 0.25) is 5.91 Å². The zero-order chi connectivity index (χ0) is 15.2. The van der Waals surface area contributed by atoms with Crippen molar-refractivity contribution in [3.05, 3.63) is 34.9 Å². The standard InChI is InChI=1S/C17H25ClN2O.ClH/c1-3-19-12-14-7-9-20(10-8-14)17(21)13(2)15-5-4-6-16(18)11-15;/h4-6,11,13-14,19H,3,7-10,12H2,1-2H3;1H. The average molecular weight is 345 g/mol. The normalized spacial score (nSPS) is 17.0. The van der Waals surface area contributed by atoms with Gasteiger partial charge in [0.05, 0.1) is 5.92 Å². The van der Waals surface area contributed by atoms with Gasteiger partial charge in [0.25, 0.3) is 0 Å². The summed E-state index contributed by atoms with van der Waals surface area (Å²) in [4.78, 5) is 14.6. The number of likely N-dealkylation sites (tertiary alicyclic amines) is 1. The second-order valence-corrected chi connectivity index (χ2v) is 6.29. The first kappa shape index (κ1) is 19.3. The molecule has 124 valence electrons. The highest BCUT2D eigenvalue weighted by molar-refractivity contribution is 6.30. The van der Waals surface area contributed by atoms with Crippen LogP contribution in [0.3, 0.4) is 0 Å². The summed E-state index contributed by atoms with van der Waals surface area (Å²) in [6, 6.07) is 7.62. The van der Waals surface area contributed by atoms with Gasteiger partial charge in [-0.2, -0.15) is 0 Å². The van der Waals surface area contributed by atoms with Crippen molar-refractivity contribution in [3.8, 4) is 0 Å². The molecule has 0 bridgehead atoms. The molecule has 1 aliphatic rings. The molecule has 0 aromatic heterocycles. The van der Waals surface area contributed by atoms with Crippen molar-refractivity contribution in [1.82, 2.24) is 10.2 Å². The number of carbonyl (C=O) groups is 1. The molecule has 22 heavy (non-hydrogen) atoms. The highest BCUT2D eigenvalue weighted by Crippen LogP contribution is 2.24. The van der Waals surface area contributed by atoms with E-state index in [1.54, 1.807) is 0 Å². The molecule has 2 rings (SSSR count). The molecule has 1 unspecified atom stereocenters. The summed E-state index contributed by atoms with van der Waals surface area (Å²) in [6.07, 6.45) is 2.20. The molecule has 1 amide bonds. The largest absolute Gasteiger partial charge is 0.342 e. The van der Waals surface area contributed by atoms with Gasteiger partial charge >= 0.3 is 0 Å². The Hall–Kier alpha value is -0.770. The quantitative estimate of drug-likeness (QED) is 0.882. The molecule has 0 radical (unpaired) electrons. The second kappa shape index (κ2) is 9.39. The predicted molar refractivity (Wildman–Crippen MR) is 95.0 cm³/mol. The van der Waals surface area contributed by atoms with Crippen molar-refractivity contribution in [2.75, 3.05) is 26.2 Å². The van der Waals surface area contributed by atoms with E-state index in [9.17, 15) is 4.79 Å². The maximum Gasteiger partial charge on any atom is 0.229 e. The summed E-state index contributed by atoms with van der Waals surface area (Å²) in [7, 11) is 0. The average Bonchev–Trinajstić information content (AvgIpc) is 2.52. The lowest BCUT2D eigenvalue weighted by molar-refractivity contribution is -0.133. The molecule has 1 fully saturated rings. The van der Waals surface area contributed by atoms with Gasteiger partial charge in [-0.05, 0) is 56.5 Å². The Morgan fingerprint density at radius 2 is 2.09 bits per heavy atom. The molecule has 0 spiro atoms. The van der Waals surface area contributed by atoms with Crippen LogP contribution in [0.25, 0.3) is 0 Å². The van der Waals surface area contributed by atoms with Gasteiger partial charge < -0.3 is 10.2 Å². The summed E-state index contributed by atoms with van der Waals surface area (Å²) in [5.41, 5.74) is 1.00. The Morgan fingerprint density at radius 1 is 1.41 bits per heavy atom. The number of amides is 1. The van der Waals surface area contributed by atoms with Crippen molar-refractivity contribution >= 4 is 29.9 Å². The molecule has 1 atom stereocenters. The number of piperidine rings is 1. The summed E-state index contributed by atoms with van der Waals surface area (Å²) in [5.74, 6) is 0.809. The fraction of sp³-hybridized carbons (Fsp3) is 0.588. The third kappa shape index (κ3) is 5.15. The molecule has 1 aromatic carbocycles.